The number of alkyl halides is 34. The minimum absolute atomic E-state index is 0.103. The summed E-state index contributed by atoms with van der Waals surface area (Å²) in [4.78, 5) is 0. The fraction of sp³-hybridized carbons (Fsp3) is 0.778. The summed E-state index contributed by atoms with van der Waals surface area (Å²) in [6.07, 6.45) is -23.1. The molecule has 0 saturated heterocycles. The lowest BCUT2D eigenvalue weighted by Gasteiger charge is -2.43. The van der Waals surface area contributed by atoms with Crippen LogP contribution in [0.3, 0.4) is 0 Å². The second-order valence-electron chi connectivity index (χ2n) is 13.2. The third-order valence-electron chi connectivity index (χ3n) is 9.03. The zero-order valence-corrected chi connectivity index (χ0v) is 29.6. The lowest BCUT2D eigenvalue weighted by Crippen LogP contribution is -2.74. The van der Waals surface area contributed by atoms with Gasteiger partial charge in [0, 0.05) is 12.8 Å². The van der Waals surface area contributed by atoms with E-state index in [2.05, 4.69) is 0 Å². The molecule has 0 aromatic heterocycles. The largest absolute Gasteiger partial charge is 0.460 e. The first-order valence-electron chi connectivity index (χ1n) is 15.0. The van der Waals surface area contributed by atoms with Crippen LogP contribution in [-0.2, 0) is 0 Å². The molecular formula is C27H16F34Si. The Bertz CT molecular complexity index is 1600. The molecule has 0 aliphatic carbocycles. The van der Waals surface area contributed by atoms with Gasteiger partial charge >= 0.3 is 95.3 Å². The molecule has 0 aliphatic rings. The second kappa shape index (κ2) is 15.3. The minimum atomic E-state index is -9.10. The van der Waals surface area contributed by atoms with Gasteiger partial charge in [0.2, 0.25) is 0 Å². The number of halogens is 34. The Morgan fingerprint density at radius 3 is 0.694 bits per heavy atom. The summed E-state index contributed by atoms with van der Waals surface area (Å²) in [5, 5.41) is -1.01. The number of hydrogen-bond acceptors (Lipinski definition) is 0. The van der Waals surface area contributed by atoms with E-state index >= 15 is 0 Å². The second-order valence-corrected chi connectivity index (χ2v) is 17.9. The molecule has 0 heterocycles. The van der Waals surface area contributed by atoms with Gasteiger partial charge in [0.15, 0.2) is 0 Å². The smallest absolute Gasteiger partial charge is 0.200 e. The Balaban J connectivity index is 3.79. The minimum Gasteiger partial charge on any atom is -0.200 e. The molecule has 0 amide bonds. The molecule has 1 aromatic carbocycles. The van der Waals surface area contributed by atoms with Gasteiger partial charge in [-0.05, 0) is 12.1 Å². The molecule has 35 heteroatoms. The van der Waals surface area contributed by atoms with Crippen LogP contribution in [0.4, 0.5) is 149 Å². The van der Waals surface area contributed by atoms with Gasteiger partial charge in [-0.2, -0.15) is 149 Å². The monoisotopic (exact) mass is 1010 g/mol. The third kappa shape index (κ3) is 7.86. The predicted molar refractivity (Wildman–Crippen MR) is 138 cm³/mol. The Kier molecular flexibility index (Phi) is 14.1. The van der Waals surface area contributed by atoms with E-state index in [1.807, 2.05) is 0 Å². The summed E-state index contributed by atoms with van der Waals surface area (Å²) < 4.78 is 464. The van der Waals surface area contributed by atoms with Crippen LogP contribution in [0.15, 0.2) is 30.3 Å². The highest BCUT2D eigenvalue weighted by atomic mass is 28.3. The van der Waals surface area contributed by atoms with Gasteiger partial charge in [-0.25, -0.2) is 0 Å². The highest BCUT2D eigenvalue weighted by molar-refractivity contribution is 6.90. The molecule has 0 radical (unpaired) electrons. The molecule has 0 bridgehead atoms. The van der Waals surface area contributed by atoms with Crippen LogP contribution < -0.4 is 5.19 Å². The average Bonchev–Trinajstić information content (AvgIpc) is 3.08. The van der Waals surface area contributed by atoms with E-state index in [0.29, 0.717) is 24.3 Å². The Morgan fingerprint density at radius 1 is 0.290 bits per heavy atom. The first-order valence-corrected chi connectivity index (χ1v) is 17.9. The van der Waals surface area contributed by atoms with E-state index in [-0.39, 0.29) is 6.55 Å². The lowest BCUT2D eigenvalue weighted by molar-refractivity contribution is -0.461. The highest BCUT2D eigenvalue weighted by Crippen LogP contribution is 2.66. The molecule has 1 aromatic rings. The Labute approximate surface area is 320 Å². The van der Waals surface area contributed by atoms with Crippen molar-refractivity contribution < 1.29 is 149 Å². The predicted octanol–water partition coefficient (Wildman–Crippen LogP) is 13.8. The number of hydrogen-bond donors (Lipinski definition) is 0. The van der Waals surface area contributed by atoms with Crippen LogP contribution in [0.25, 0.3) is 0 Å². The van der Waals surface area contributed by atoms with Crippen LogP contribution >= 0.6 is 0 Å². The Morgan fingerprint density at radius 2 is 0.484 bits per heavy atom. The zero-order valence-electron chi connectivity index (χ0n) is 28.6. The summed E-state index contributed by atoms with van der Waals surface area (Å²) in [6.45, 7) is 0.103. The third-order valence-corrected chi connectivity index (χ3v) is 13.5. The van der Waals surface area contributed by atoms with E-state index in [1.54, 1.807) is 0 Å². The quantitative estimate of drug-likeness (QED) is 0.0957. The summed E-state index contributed by atoms with van der Waals surface area (Å²) >= 11 is 0. The maximum atomic E-state index is 14.7. The van der Waals surface area contributed by atoms with E-state index in [1.165, 1.54) is 0 Å². The molecular weight excluding hydrogens is 998 g/mol. The topological polar surface area (TPSA) is 0 Å². The van der Waals surface area contributed by atoms with Gasteiger partial charge in [-0.1, -0.05) is 42.1 Å². The SMILES string of the molecule is C[Si](CCC(F)(F)C(F)(F)C(F)(F)C(F)(F)C(F)(F)C(F)(F)C(F)(F)C(F)(F)F)(CCC(F)(F)C(F)(F)C(F)(F)C(F)(F)C(F)(F)C(F)(F)C(F)(F)C(F)(F)F)c1ccccc1. The number of benzene rings is 1. The zero-order chi connectivity index (χ0) is 50.4. The summed E-state index contributed by atoms with van der Waals surface area (Å²) in [5.41, 5.74) is 0. The summed E-state index contributed by atoms with van der Waals surface area (Å²) in [6, 6.07) is -2.01. The van der Waals surface area contributed by atoms with Crippen LogP contribution in [0.5, 0.6) is 0 Å². The van der Waals surface area contributed by atoms with Crippen molar-refractivity contribution in [2.75, 3.05) is 0 Å². The molecule has 1 rings (SSSR count). The molecule has 0 fully saturated rings. The van der Waals surface area contributed by atoms with E-state index in [4.69, 9.17) is 0 Å². The normalized spacial score (nSPS) is 16.6. The van der Waals surface area contributed by atoms with Gasteiger partial charge < -0.3 is 0 Å². The standard InChI is InChI=1S/C27H16F34Si/c1-62(11-5-3-2-4-6-11,9-7-12(28,29)14(32,33)16(36,37)18(40,41)20(44,45)22(48,49)24(52,53)26(56,57)58)10-8-13(30,31)15(34,35)17(38,39)19(42,43)21(46,47)23(50,51)25(54,55)27(59,60)61/h2-6H,7-10H2,1H3. The van der Waals surface area contributed by atoms with Crippen LogP contribution in [0.2, 0.25) is 18.6 Å². The molecule has 0 unspecified atom stereocenters. The fourth-order valence-corrected chi connectivity index (χ4v) is 8.38. The van der Waals surface area contributed by atoms with Gasteiger partial charge in [0.1, 0.15) is 0 Å². The Hall–Kier alpha value is -2.94. The van der Waals surface area contributed by atoms with Crippen LogP contribution in [0.1, 0.15) is 12.8 Å². The number of rotatable bonds is 19. The molecule has 62 heavy (non-hydrogen) atoms. The molecule has 366 valence electrons. The van der Waals surface area contributed by atoms with Gasteiger partial charge in [-0.15, -0.1) is 0 Å². The van der Waals surface area contributed by atoms with Crippen molar-refractivity contribution in [3.8, 4) is 0 Å². The molecule has 0 spiro atoms. The van der Waals surface area contributed by atoms with Crippen LogP contribution in [0, 0.1) is 0 Å². The maximum Gasteiger partial charge on any atom is 0.460 e. The van der Waals surface area contributed by atoms with Crippen molar-refractivity contribution in [1.82, 2.24) is 0 Å². The van der Waals surface area contributed by atoms with E-state index in [0.717, 1.165) is 6.07 Å². The van der Waals surface area contributed by atoms with Crippen molar-refractivity contribution in [3.63, 3.8) is 0 Å². The van der Waals surface area contributed by atoms with Crippen molar-refractivity contribution in [3.05, 3.63) is 30.3 Å². The molecule has 0 nitrogen and oxygen atoms in total. The average molecular weight is 1010 g/mol. The van der Waals surface area contributed by atoms with Crippen LogP contribution in [-0.4, -0.2) is 103 Å². The first kappa shape index (κ1) is 57.1. The van der Waals surface area contributed by atoms with Crippen molar-refractivity contribution in [1.29, 1.82) is 0 Å². The van der Waals surface area contributed by atoms with Crippen molar-refractivity contribution in [2.45, 2.75) is 127 Å². The van der Waals surface area contributed by atoms with Gasteiger partial charge in [-0.3, -0.25) is 0 Å². The molecule has 0 N–H and O–H groups in total. The molecule has 0 saturated carbocycles. The first-order chi connectivity index (χ1) is 26.5. The molecule has 0 aliphatic heterocycles. The van der Waals surface area contributed by atoms with Crippen molar-refractivity contribution in [2.24, 2.45) is 0 Å². The van der Waals surface area contributed by atoms with Crippen molar-refractivity contribution >= 4 is 13.3 Å². The lowest BCUT2D eigenvalue weighted by atomic mass is 9.88. The van der Waals surface area contributed by atoms with E-state index < -0.39 is 133 Å². The van der Waals surface area contributed by atoms with Gasteiger partial charge in [0.25, 0.3) is 0 Å². The van der Waals surface area contributed by atoms with Gasteiger partial charge in [0.05, 0.1) is 8.07 Å². The molecule has 0 atom stereocenters. The summed E-state index contributed by atoms with van der Waals surface area (Å²) in [7, 11) is -5.41. The summed E-state index contributed by atoms with van der Waals surface area (Å²) in [5.74, 6) is -120. The maximum absolute atomic E-state index is 14.7. The fourth-order valence-electron chi connectivity index (χ4n) is 4.83. The van der Waals surface area contributed by atoms with E-state index in [9.17, 15) is 149 Å². The highest BCUT2D eigenvalue weighted by Gasteiger charge is 2.97.